The Kier molecular flexibility index (Phi) is 6.16. The number of phenolic OH excluding ortho intramolecular Hbond substituents is 1. The Morgan fingerprint density at radius 3 is 2.42 bits per heavy atom. The highest BCUT2D eigenvalue weighted by molar-refractivity contribution is 5.74. The van der Waals surface area contributed by atoms with Gasteiger partial charge in [-0.3, -0.25) is 0 Å². The third kappa shape index (κ3) is 5.01. The number of carbonyl (C=O) groups is 1. The maximum atomic E-state index is 12.5. The minimum absolute atomic E-state index is 0.0507. The Balaban J connectivity index is 1.41. The highest BCUT2D eigenvalue weighted by Crippen LogP contribution is 2.27. The molecule has 1 fully saturated rings. The highest BCUT2D eigenvalue weighted by Gasteiger charge is 2.24. The van der Waals surface area contributed by atoms with Crippen LogP contribution in [0.4, 0.5) is 4.79 Å². The number of likely N-dealkylation sites (tertiary alicyclic amines) is 1. The second-order valence-corrected chi connectivity index (χ2v) is 7.23. The lowest BCUT2D eigenvalue weighted by molar-refractivity contribution is 0.178. The fourth-order valence-corrected chi connectivity index (χ4v) is 3.56. The van der Waals surface area contributed by atoms with E-state index in [-0.39, 0.29) is 17.8 Å². The van der Waals surface area contributed by atoms with Gasteiger partial charge < -0.3 is 15.3 Å². The number of aryl methyl sites for hydroxylation is 1. The van der Waals surface area contributed by atoms with E-state index in [9.17, 15) is 9.90 Å². The average molecular weight is 352 g/mol. The van der Waals surface area contributed by atoms with Gasteiger partial charge in [-0.15, -0.1) is 0 Å². The van der Waals surface area contributed by atoms with Crippen molar-refractivity contribution in [1.29, 1.82) is 0 Å². The standard InChI is InChI=1S/C22H28N2O2/c1-17(7-8-18-9-11-21(25)12-10-18)23-22(26)24-15-13-20(14-16-24)19-5-3-2-4-6-19/h2-6,9-12,17,20,25H,7-8,13-16H2,1H3,(H,23,26). The molecule has 1 heterocycles. The molecule has 1 saturated heterocycles. The summed E-state index contributed by atoms with van der Waals surface area (Å²) < 4.78 is 0. The number of piperidine rings is 1. The minimum atomic E-state index is 0.0507. The molecule has 2 N–H and O–H groups in total. The van der Waals surface area contributed by atoms with E-state index >= 15 is 0 Å². The molecular formula is C22H28N2O2. The molecule has 0 saturated carbocycles. The molecule has 4 heteroatoms. The van der Waals surface area contributed by atoms with E-state index in [4.69, 9.17) is 0 Å². The van der Waals surface area contributed by atoms with Crippen molar-refractivity contribution < 1.29 is 9.90 Å². The van der Waals surface area contributed by atoms with Crippen molar-refractivity contribution in [2.75, 3.05) is 13.1 Å². The molecule has 26 heavy (non-hydrogen) atoms. The Hall–Kier alpha value is -2.49. The zero-order valence-corrected chi connectivity index (χ0v) is 15.4. The summed E-state index contributed by atoms with van der Waals surface area (Å²) in [7, 11) is 0. The molecule has 3 rings (SSSR count). The van der Waals surface area contributed by atoms with Gasteiger partial charge in [0.15, 0.2) is 0 Å². The van der Waals surface area contributed by atoms with Crippen molar-refractivity contribution in [2.24, 2.45) is 0 Å². The second kappa shape index (κ2) is 8.75. The van der Waals surface area contributed by atoms with Gasteiger partial charge in [-0.05, 0) is 61.8 Å². The first-order valence-corrected chi connectivity index (χ1v) is 9.50. The zero-order valence-electron chi connectivity index (χ0n) is 15.4. The lowest BCUT2D eigenvalue weighted by atomic mass is 9.90. The first kappa shape index (κ1) is 18.3. The third-order valence-electron chi connectivity index (χ3n) is 5.23. The van der Waals surface area contributed by atoms with Gasteiger partial charge in [0.1, 0.15) is 5.75 Å². The number of hydrogen-bond donors (Lipinski definition) is 2. The fourth-order valence-electron chi connectivity index (χ4n) is 3.56. The monoisotopic (exact) mass is 352 g/mol. The first-order chi connectivity index (χ1) is 12.6. The number of carbonyl (C=O) groups excluding carboxylic acids is 1. The minimum Gasteiger partial charge on any atom is -0.508 e. The van der Waals surface area contributed by atoms with Crippen molar-refractivity contribution in [3.63, 3.8) is 0 Å². The Labute approximate surface area is 155 Å². The number of nitrogens with one attached hydrogen (secondary N) is 1. The van der Waals surface area contributed by atoms with E-state index in [2.05, 4.69) is 36.5 Å². The molecule has 1 unspecified atom stereocenters. The largest absolute Gasteiger partial charge is 0.508 e. The predicted octanol–water partition coefficient (Wildman–Crippen LogP) is 4.30. The summed E-state index contributed by atoms with van der Waals surface area (Å²) in [5, 5.41) is 12.4. The Bertz CT molecular complexity index is 692. The summed E-state index contributed by atoms with van der Waals surface area (Å²) in [5.41, 5.74) is 2.56. The smallest absolute Gasteiger partial charge is 0.317 e. The van der Waals surface area contributed by atoms with Gasteiger partial charge in [0.05, 0.1) is 0 Å². The molecule has 0 radical (unpaired) electrons. The fraction of sp³-hybridized carbons (Fsp3) is 0.409. The van der Waals surface area contributed by atoms with E-state index in [0.29, 0.717) is 5.92 Å². The summed E-state index contributed by atoms with van der Waals surface area (Å²) in [6, 6.07) is 18.0. The van der Waals surface area contributed by atoms with Gasteiger partial charge in [-0.1, -0.05) is 42.5 Å². The number of nitrogens with zero attached hydrogens (tertiary/aromatic N) is 1. The van der Waals surface area contributed by atoms with Crippen LogP contribution in [0.3, 0.4) is 0 Å². The number of amides is 2. The number of phenols is 1. The van der Waals surface area contributed by atoms with Crippen LogP contribution in [0, 0.1) is 0 Å². The van der Waals surface area contributed by atoms with E-state index in [1.54, 1.807) is 12.1 Å². The zero-order chi connectivity index (χ0) is 18.4. The van der Waals surface area contributed by atoms with Crippen molar-refractivity contribution in [3.8, 4) is 5.75 Å². The van der Waals surface area contributed by atoms with Gasteiger partial charge in [-0.25, -0.2) is 4.79 Å². The number of urea groups is 1. The molecule has 1 aliphatic heterocycles. The van der Waals surface area contributed by atoms with Crippen molar-refractivity contribution in [3.05, 3.63) is 65.7 Å². The number of rotatable bonds is 5. The van der Waals surface area contributed by atoms with Gasteiger partial charge in [-0.2, -0.15) is 0 Å². The van der Waals surface area contributed by atoms with Crippen LogP contribution in [0.2, 0.25) is 0 Å². The van der Waals surface area contributed by atoms with Gasteiger partial charge in [0.25, 0.3) is 0 Å². The van der Waals surface area contributed by atoms with Crippen LogP contribution in [0.15, 0.2) is 54.6 Å². The van der Waals surface area contributed by atoms with E-state index in [1.165, 1.54) is 11.1 Å². The van der Waals surface area contributed by atoms with Crippen LogP contribution >= 0.6 is 0 Å². The average Bonchev–Trinajstić information content (AvgIpc) is 2.68. The molecule has 0 bridgehead atoms. The molecule has 138 valence electrons. The summed E-state index contributed by atoms with van der Waals surface area (Å²) in [6.07, 6.45) is 3.83. The van der Waals surface area contributed by atoms with Crippen LogP contribution in [0.25, 0.3) is 0 Å². The SMILES string of the molecule is CC(CCc1ccc(O)cc1)NC(=O)N1CCC(c2ccccc2)CC1. The molecule has 4 nitrogen and oxygen atoms in total. The molecule has 1 aliphatic rings. The van der Waals surface area contributed by atoms with Crippen LogP contribution in [0.1, 0.15) is 43.2 Å². The summed E-state index contributed by atoms with van der Waals surface area (Å²) in [5.74, 6) is 0.848. The molecule has 1 atom stereocenters. The second-order valence-electron chi connectivity index (χ2n) is 7.23. The normalized spacial score (nSPS) is 16.3. The maximum Gasteiger partial charge on any atom is 0.317 e. The molecule has 0 aromatic heterocycles. The predicted molar refractivity (Wildman–Crippen MR) is 104 cm³/mol. The molecular weight excluding hydrogens is 324 g/mol. The molecule has 0 aliphatic carbocycles. The van der Waals surface area contributed by atoms with Crippen molar-refractivity contribution in [1.82, 2.24) is 10.2 Å². The van der Waals surface area contributed by atoms with Crippen molar-refractivity contribution in [2.45, 2.75) is 44.6 Å². The molecule has 2 aromatic rings. The van der Waals surface area contributed by atoms with Gasteiger partial charge in [0, 0.05) is 19.1 Å². The van der Waals surface area contributed by atoms with Gasteiger partial charge >= 0.3 is 6.03 Å². The van der Waals surface area contributed by atoms with E-state index < -0.39 is 0 Å². The van der Waals surface area contributed by atoms with E-state index in [1.807, 2.05) is 23.1 Å². The molecule has 2 amide bonds. The summed E-state index contributed by atoms with van der Waals surface area (Å²) >= 11 is 0. The van der Waals surface area contributed by atoms with Crippen molar-refractivity contribution >= 4 is 6.03 Å². The van der Waals surface area contributed by atoms with Crippen LogP contribution < -0.4 is 5.32 Å². The number of aromatic hydroxyl groups is 1. The third-order valence-corrected chi connectivity index (χ3v) is 5.23. The highest BCUT2D eigenvalue weighted by atomic mass is 16.3. The quantitative estimate of drug-likeness (QED) is 0.843. The lowest BCUT2D eigenvalue weighted by Gasteiger charge is -2.33. The summed E-state index contributed by atoms with van der Waals surface area (Å²) in [4.78, 5) is 14.4. The summed E-state index contributed by atoms with van der Waals surface area (Å²) in [6.45, 7) is 3.68. The van der Waals surface area contributed by atoms with Crippen LogP contribution in [0.5, 0.6) is 5.75 Å². The van der Waals surface area contributed by atoms with Gasteiger partial charge in [0.2, 0.25) is 0 Å². The molecule has 2 aromatic carbocycles. The van der Waals surface area contributed by atoms with Crippen LogP contribution in [-0.2, 0) is 6.42 Å². The van der Waals surface area contributed by atoms with Crippen LogP contribution in [-0.4, -0.2) is 35.2 Å². The number of benzene rings is 2. The molecule has 0 spiro atoms. The van der Waals surface area contributed by atoms with E-state index in [0.717, 1.165) is 38.8 Å². The Morgan fingerprint density at radius 2 is 1.77 bits per heavy atom. The topological polar surface area (TPSA) is 52.6 Å². The maximum absolute atomic E-state index is 12.5. The Morgan fingerprint density at radius 1 is 1.12 bits per heavy atom. The first-order valence-electron chi connectivity index (χ1n) is 9.50. The number of hydrogen-bond acceptors (Lipinski definition) is 2. The lowest BCUT2D eigenvalue weighted by Crippen LogP contribution is -2.47.